The molecule has 0 spiro atoms. The number of nitrogens with zero attached hydrogens (tertiary/aromatic N) is 1. The maximum Gasteiger partial charge on any atom is 0.226 e. The van der Waals surface area contributed by atoms with Crippen LogP contribution in [0.3, 0.4) is 0 Å². The molecule has 0 saturated carbocycles. The lowest BCUT2D eigenvalue weighted by molar-refractivity contribution is -0.115. The summed E-state index contributed by atoms with van der Waals surface area (Å²) < 4.78 is 0. The van der Waals surface area contributed by atoms with Gasteiger partial charge in [0.2, 0.25) is 5.91 Å². The second-order valence-electron chi connectivity index (χ2n) is 4.22. The average Bonchev–Trinajstić information content (AvgIpc) is 2.38. The Balaban J connectivity index is 2.48. The molecule has 92 valence electrons. The Labute approximate surface area is 106 Å². The van der Waals surface area contributed by atoms with Crippen molar-refractivity contribution in [2.75, 3.05) is 29.9 Å². The van der Waals surface area contributed by atoms with Gasteiger partial charge in [-0.2, -0.15) is 0 Å². The van der Waals surface area contributed by atoms with Gasteiger partial charge >= 0.3 is 0 Å². The van der Waals surface area contributed by atoms with Crippen LogP contribution in [0.4, 0.5) is 11.4 Å². The minimum absolute atomic E-state index is 0.0208. The molecule has 0 radical (unpaired) electrons. The number of rotatable bonds is 2. The monoisotopic (exact) mass is 253 g/mol. The van der Waals surface area contributed by atoms with Crippen molar-refractivity contribution in [2.24, 2.45) is 5.73 Å². The van der Waals surface area contributed by atoms with E-state index in [4.69, 9.17) is 17.3 Å². The van der Waals surface area contributed by atoms with E-state index < -0.39 is 0 Å². The summed E-state index contributed by atoms with van der Waals surface area (Å²) in [6, 6.07) is 3.84. The van der Waals surface area contributed by atoms with Gasteiger partial charge in [0.15, 0.2) is 0 Å². The highest BCUT2D eigenvalue weighted by Crippen LogP contribution is 2.36. The Hall–Kier alpha value is -1.26. The van der Waals surface area contributed by atoms with E-state index in [0.717, 1.165) is 16.9 Å². The third-order valence-electron chi connectivity index (χ3n) is 2.81. The van der Waals surface area contributed by atoms with Crippen molar-refractivity contribution in [1.29, 1.82) is 0 Å². The first-order valence-corrected chi connectivity index (χ1v) is 6.04. The van der Waals surface area contributed by atoms with Crippen molar-refractivity contribution >= 4 is 28.9 Å². The van der Waals surface area contributed by atoms with E-state index >= 15 is 0 Å². The summed E-state index contributed by atoms with van der Waals surface area (Å²) in [4.78, 5) is 13.7. The molecule has 1 aliphatic heterocycles. The summed E-state index contributed by atoms with van der Waals surface area (Å²) in [7, 11) is 0. The lowest BCUT2D eigenvalue weighted by Gasteiger charge is -2.24. The number of hydrogen-bond acceptors (Lipinski definition) is 3. The number of halogens is 1. The van der Waals surface area contributed by atoms with Crippen LogP contribution < -0.4 is 16.0 Å². The zero-order valence-corrected chi connectivity index (χ0v) is 10.5. The summed E-state index contributed by atoms with van der Waals surface area (Å²) in [6.45, 7) is 3.85. The van der Waals surface area contributed by atoms with Gasteiger partial charge in [-0.15, -0.1) is 0 Å². The molecule has 0 unspecified atom stereocenters. The molecule has 3 N–H and O–H groups in total. The van der Waals surface area contributed by atoms with Crippen LogP contribution in [0.25, 0.3) is 0 Å². The van der Waals surface area contributed by atoms with Gasteiger partial charge in [-0.1, -0.05) is 11.6 Å². The molecular formula is C12H16ClN3O. The topological polar surface area (TPSA) is 58.4 Å². The van der Waals surface area contributed by atoms with Crippen LogP contribution in [-0.2, 0) is 4.79 Å². The highest BCUT2D eigenvalue weighted by molar-refractivity contribution is 6.34. The maximum atomic E-state index is 11.6. The largest absolute Gasteiger partial charge is 0.367 e. The van der Waals surface area contributed by atoms with Crippen molar-refractivity contribution < 1.29 is 4.79 Å². The van der Waals surface area contributed by atoms with E-state index in [2.05, 4.69) is 10.2 Å². The Morgan fingerprint density at radius 1 is 1.53 bits per heavy atom. The number of benzene rings is 1. The first-order chi connectivity index (χ1) is 8.11. The second-order valence-corrected chi connectivity index (χ2v) is 4.62. The lowest BCUT2D eigenvalue weighted by atomic mass is 10.1. The van der Waals surface area contributed by atoms with Crippen molar-refractivity contribution in [3.8, 4) is 0 Å². The first-order valence-electron chi connectivity index (χ1n) is 5.67. The maximum absolute atomic E-state index is 11.6. The van der Waals surface area contributed by atoms with Crippen LogP contribution in [0.5, 0.6) is 0 Å². The van der Waals surface area contributed by atoms with Crippen LogP contribution in [0.2, 0.25) is 5.02 Å². The molecule has 1 aliphatic rings. The molecule has 0 fully saturated rings. The Morgan fingerprint density at radius 2 is 2.29 bits per heavy atom. The number of hydrogen-bond donors (Lipinski definition) is 2. The number of amides is 1. The molecule has 5 heteroatoms. The summed E-state index contributed by atoms with van der Waals surface area (Å²) in [6.07, 6.45) is 0.462. The third kappa shape index (κ3) is 2.53. The molecular weight excluding hydrogens is 238 g/mol. The number of carbonyl (C=O) groups excluding carboxylic acids is 1. The lowest BCUT2D eigenvalue weighted by Crippen LogP contribution is -2.30. The number of nitrogens with two attached hydrogens (primary N) is 1. The van der Waals surface area contributed by atoms with Gasteiger partial charge in [0, 0.05) is 26.1 Å². The fourth-order valence-corrected chi connectivity index (χ4v) is 2.49. The van der Waals surface area contributed by atoms with Crippen LogP contribution in [0.1, 0.15) is 12.0 Å². The average molecular weight is 254 g/mol. The van der Waals surface area contributed by atoms with Crippen molar-refractivity contribution in [3.63, 3.8) is 0 Å². The SMILES string of the molecule is Cc1cc(Cl)c2c(c1)NC(=O)CCN2CCN. The van der Waals surface area contributed by atoms with Crippen molar-refractivity contribution in [1.82, 2.24) is 0 Å². The van der Waals surface area contributed by atoms with Gasteiger partial charge in [-0.05, 0) is 24.6 Å². The minimum atomic E-state index is 0.0208. The van der Waals surface area contributed by atoms with Gasteiger partial charge in [-0.25, -0.2) is 0 Å². The summed E-state index contributed by atoms with van der Waals surface area (Å²) in [5, 5.41) is 3.55. The number of aryl methyl sites for hydroxylation is 1. The molecule has 1 aromatic carbocycles. The molecule has 0 atom stereocenters. The Bertz CT molecular complexity index is 448. The highest BCUT2D eigenvalue weighted by atomic mass is 35.5. The van der Waals surface area contributed by atoms with E-state index in [1.165, 1.54) is 0 Å². The molecule has 1 heterocycles. The van der Waals surface area contributed by atoms with Crippen LogP contribution in [0.15, 0.2) is 12.1 Å². The van der Waals surface area contributed by atoms with Gasteiger partial charge in [0.1, 0.15) is 0 Å². The van der Waals surface area contributed by atoms with Crippen LogP contribution in [-0.4, -0.2) is 25.5 Å². The summed E-state index contributed by atoms with van der Waals surface area (Å²) >= 11 is 6.26. The minimum Gasteiger partial charge on any atom is -0.367 e. The number of nitrogens with one attached hydrogen (secondary N) is 1. The second kappa shape index (κ2) is 4.94. The van der Waals surface area contributed by atoms with E-state index in [1.54, 1.807) is 0 Å². The van der Waals surface area contributed by atoms with Gasteiger partial charge in [-0.3, -0.25) is 4.79 Å². The Kier molecular flexibility index (Phi) is 3.54. The smallest absolute Gasteiger partial charge is 0.226 e. The zero-order valence-electron chi connectivity index (χ0n) is 9.79. The van der Waals surface area contributed by atoms with E-state index in [0.29, 0.717) is 31.1 Å². The van der Waals surface area contributed by atoms with E-state index in [-0.39, 0.29) is 5.91 Å². The van der Waals surface area contributed by atoms with E-state index in [9.17, 15) is 4.79 Å². The number of fused-ring (bicyclic) bond motifs is 1. The summed E-state index contributed by atoms with van der Waals surface area (Å²) in [5.74, 6) is 0.0208. The molecule has 0 bridgehead atoms. The molecule has 17 heavy (non-hydrogen) atoms. The molecule has 4 nitrogen and oxygen atoms in total. The van der Waals surface area contributed by atoms with Gasteiger partial charge in [0.05, 0.1) is 16.4 Å². The molecule has 1 amide bonds. The first kappa shape index (κ1) is 12.2. The van der Waals surface area contributed by atoms with Crippen molar-refractivity contribution in [2.45, 2.75) is 13.3 Å². The summed E-state index contributed by atoms with van der Waals surface area (Å²) in [5.41, 5.74) is 8.29. The normalized spacial score (nSPS) is 15.2. The van der Waals surface area contributed by atoms with E-state index in [1.807, 2.05) is 19.1 Å². The standard InChI is InChI=1S/C12H16ClN3O/c1-8-6-9(13)12-10(7-8)15-11(17)2-4-16(12)5-3-14/h6-7H,2-5,14H2,1H3,(H,15,17). The predicted molar refractivity (Wildman–Crippen MR) is 70.7 cm³/mol. The van der Waals surface area contributed by atoms with Crippen molar-refractivity contribution in [3.05, 3.63) is 22.7 Å². The quantitative estimate of drug-likeness (QED) is 0.844. The molecule has 0 aliphatic carbocycles. The number of anilines is 2. The van der Waals surface area contributed by atoms with Gasteiger partial charge in [0.25, 0.3) is 0 Å². The fourth-order valence-electron chi connectivity index (χ4n) is 2.09. The predicted octanol–water partition coefficient (Wildman–Crippen LogP) is 1.76. The highest BCUT2D eigenvalue weighted by Gasteiger charge is 2.21. The molecule has 2 rings (SSSR count). The number of carbonyl (C=O) groups is 1. The zero-order chi connectivity index (χ0) is 12.4. The molecule has 0 aromatic heterocycles. The van der Waals surface area contributed by atoms with Crippen LogP contribution >= 0.6 is 11.6 Å². The third-order valence-corrected chi connectivity index (χ3v) is 3.09. The van der Waals surface area contributed by atoms with Crippen LogP contribution in [0, 0.1) is 6.92 Å². The molecule has 0 saturated heterocycles. The van der Waals surface area contributed by atoms with Gasteiger partial charge < -0.3 is 16.0 Å². The Morgan fingerprint density at radius 3 is 3.00 bits per heavy atom. The fraction of sp³-hybridized carbons (Fsp3) is 0.417. The molecule has 1 aromatic rings.